The Kier molecular flexibility index (Phi) is 5.39. The zero-order valence-corrected chi connectivity index (χ0v) is 13.1. The molecule has 0 amide bonds. The van der Waals surface area contributed by atoms with Crippen molar-refractivity contribution in [2.24, 2.45) is 5.73 Å². The average molecular weight is 282 g/mol. The Balaban J connectivity index is 2.13. The van der Waals surface area contributed by atoms with E-state index in [1.54, 1.807) is 0 Å². The van der Waals surface area contributed by atoms with E-state index >= 15 is 0 Å². The summed E-state index contributed by atoms with van der Waals surface area (Å²) in [6, 6.07) is 2.64. The Morgan fingerprint density at radius 2 is 2.37 bits per heavy atom. The van der Waals surface area contributed by atoms with Crippen molar-refractivity contribution in [3.05, 3.63) is 21.9 Å². The minimum Gasteiger partial charge on any atom is -0.377 e. The quantitative estimate of drug-likeness (QED) is 0.872. The van der Waals surface area contributed by atoms with Gasteiger partial charge in [-0.05, 0) is 50.2 Å². The molecule has 0 bridgehead atoms. The molecule has 4 heteroatoms. The fourth-order valence-corrected chi connectivity index (χ4v) is 4.09. The van der Waals surface area contributed by atoms with Crippen molar-refractivity contribution in [2.45, 2.75) is 51.8 Å². The summed E-state index contributed by atoms with van der Waals surface area (Å²) in [4.78, 5) is 3.90. The van der Waals surface area contributed by atoms with Crippen LogP contribution < -0.4 is 5.73 Å². The summed E-state index contributed by atoms with van der Waals surface area (Å²) in [6.45, 7) is 9.45. The molecule has 3 unspecified atom stereocenters. The number of nitrogens with zero attached hydrogens (tertiary/aromatic N) is 1. The maximum absolute atomic E-state index is 6.27. The van der Waals surface area contributed by atoms with Gasteiger partial charge in [-0.25, -0.2) is 0 Å². The van der Waals surface area contributed by atoms with Crippen LogP contribution in [0.4, 0.5) is 0 Å². The van der Waals surface area contributed by atoms with Crippen LogP contribution in [0.15, 0.2) is 11.4 Å². The predicted molar refractivity (Wildman–Crippen MR) is 81.7 cm³/mol. The summed E-state index contributed by atoms with van der Waals surface area (Å²) >= 11 is 1.83. The lowest BCUT2D eigenvalue weighted by molar-refractivity contribution is 0.0552. The monoisotopic (exact) mass is 282 g/mol. The third-order valence-corrected chi connectivity index (χ3v) is 5.02. The van der Waals surface area contributed by atoms with Gasteiger partial charge in [-0.3, -0.25) is 4.90 Å². The Labute approximate surface area is 120 Å². The minimum absolute atomic E-state index is 0.138. The van der Waals surface area contributed by atoms with Crippen LogP contribution >= 0.6 is 11.3 Å². The minimum atomic E-state index is 0.138. The highest BCUT2D eigenvalue weighted by atomic mass is 32.1. The average Bonchev–Trinajstić information content (AvgIpc) is 3.00. The first-order valence-electron chi connectivity index (χ1n) is 7.28. The first kappa shape index (κ1) is 15.0. The summed E-state index contributed by atoms with van der Waals surface area (Å²) in [6.07, 6.45) is 2.77. The third kappa shape index (κ3) is 3.57. The maximum atomic E-state index is 6.27. The van der Waals surface area contributed by atoms with E-state index in [0.717, 1.165) is 19.7 Å². The van der Waals surface area contributed by atoms with Crippen LogP contribution in [0.3, 0.4) is 0 Å². The van der Waals surface area contributed by atoms with E-state index < -0.39 is 0 Å². The second kappa shape index (κ2) is 6.84. The lowest BCUT2D eigenvalue weighted by Gasteiger charge is -2.34. The zero-order valence-electron chi connectivity index (χ0n) is 12.3. The molecule has 2 rings (SSSR count). The van der Waals surface area contributed by atoms with Crippen molar-refractivity contribution in [1.82, 2.24) is 4.90 Å². The van der Waals surface area contributed by atoms with Crippen LogP contribution in [0.1, 0.15) is 43.2 Å². The summed E-state index contributed by atoms with van der Waals surface area (Å²) in [5, 5.41) is 2.17. The van der Waals surface area contributed by atoms with E-state index in [-0.39, 0.29) is 6.04 Å². The fourth-order valence-electron chi connectivity index (χ4n) is 2.91. The topological polar surface area (TPSA) is 38.5 Å². The molecule has 1 saturated heterocycles. The molecule has 0 aliphatic carbocycles. The molecule has 0 spiro atoms. The lowest BCUT2D eigenvalue weighted by Crippen LogP contribution is -2.42. The van der Waals surface area contributed by atoms with Crippen LogP contribution in [-0.4, -0.2) is 36.7 Å². The molecule has 0 radical (unpaired) electrons. The van der Waals surface area contributed by atoms with Gasteiger partial charge in [0.15, 0.2) is 0 Å². The van der Waals surface area contributed by atoms with Gasteiger partial charge in [0, 0.05) is 24.1 Å². The Morgan fingerprint density at radius 1 is 1.58 bits per heavy atom. The molecule has 1 aromatic rings. The van der Waals surface area contributed by atoms with E-state index in [1.807, 2.05) is 11.3 Å². The van der Waals surface area contributed by atoms with Crippen LogP contribution in [0.25, 0.3) is 0 Å². The lowest BCUT2D eigenvalue weighted by atomic mass is 10.0. The highest BCUT2D eigenvalue weighted by Crippen LogP contribution is 2.31. The zero-order chi connectivity index (χ0) is 13.8. The number of hydrogen-bond donors (Lipinski definition) is 1. The van der Waals surface area contributed by atoms with Crippen molar-refractivity contribution in [2.75, 3.05) is 19.7 Å². The number of hydrogen-bond acceptors (Lipinski definition) is 4. The molecule has 0 aromatic carbocycles. The number of likely N-dealkylation sites (N-methyl/N-ethyl adjacent to an activating group) is 1. The molecule has 3 atom stereocenters. The predicted octanol–water partition coefficient (Wildman–Crippen LogP) is 2.95. The maximum Gasteiger partial charge on any atom is 0.0703 e. The third-order valence-electron chi connectivity index (χ3n) is 3.93. The van der Waals surface area contributed by atoms with Gasteiger partial charge in [-0.1, -0.05) is 6.92 Å². The van der Waals surface area contributed by atoms with Gasteiger partial charge in [0.2, 0.25) is 0 Å². The molecule has 1 aliphatic heterocycles. The normalized spacial score (nSPS) is 22.9. The standard InChI is InChI=1S/C15H26N2OS/c1-4-17(10-13-6-5-8-18-13)14(12(3)16)15-11(2)7-9-19-15/h7,9,12-14H,4-6,8,10,16H2,1-3H3. The van der Waals surface area contributed by atoms with E-state index in [1.165, 1.54) is 23.3 Å². The molecule has 1 aromatic heterocycles. The molecule has 1 fully saturated rings. The smallest absolute Gasteiger partial charge is 0.0703 e. The van der Waals surface area contributed by atoms with Gasteiger partial charge in [0.25, 0.3) is 0 Å². The first-order valence-corrected chi connectivity index (χ1v) is 8.16. The van der Waals surface area contributed by atoms with Crippen molar-refractivity contribution in [3.8, 4) is 0 Å². The Hall–Kier alpha value is -0.420. The summed E-state index contributed by atoms with van der Waals surface area (Å²) in [7, 11) is 0. The van der Waals surface area contributed by atoms with Crippen molar-refractivity contribution < 1.29 is 4.74 Å². The van der Waals surface area contributed by atoms with Crippen LogP contribution in [0, 0.1) is 6.92 Å². The van der Waals surface area contributed by atoms with Gasteiger partial charge in [-0.15, -0.1) is 11.3 Å². The van der Waals surface area contributed by atoms with Gasteiger partial charge < -0.3 is 10.5 Å². The first-order chi connectivity index (χ1) is 9.13. The molecule has 0 saturated carbocycles. The molecule has 2 N–H and O–H groups in total. The highest BCUT2D eigenvalue weighted by Gasteiger charge is 2.28. The molecule has 19 heavy (non-hydrogen) atoms. The molecule has 108 valence electrons. The summed E-state index contributed by atoms with van der Waals surface area (Å²) in [5.74, 6) is 0. The number of nitrogens with two attached hydrogens (primary N) is 1. The van der Waals surface area contributed by atoms with Gasteiger partial charge in [0.05, 0.1) is 12.1 Å². The number of aryl methyl sites for hydroxylation is 1. The second-order valence-electron chi connectivity index (χ2n) is 5.49. The van der Waals surface area contributed by atoms with E-state index in [0.29, 0.717) is 12.1 Å². The van der Waals surface area contributed by atoms with Gasteiger partial charge in [-0.2, -0.15) is 0 Å². The number of thiophene rings is 1. The van der Waals surface area contributed by atoms with Crippen molar-refractivity contribution >= 4 is 11.3 Å². The Bertz CT molecular complexity index is 385. The van der Waals surface area contributed by atoms with Gasteiger partial charge in [0.1, 0.15) is 0 Å². The van der Waals surface area contributed by atoms with E-state index in [9.17, 15) is 0 Å². The van der Waals surface area contributed by atoms with Crippen LogP contribution in [-0.2, 0) is 4.74 Å². The summed E-state index contributed by atoms with van der Waals surface area (Å²) in [5.41, 5.74) is 7.63. The summed E-state index contributed by atoms with van der Waals surface area (Å²) < 4.78 is 5.78. The SMILES string of the molecule is CCN(CC1CCCO1)C(c1sccc1C)C(C)N. The van der Waals surface area contributed by atoms with E-state index in [2.05, 4.69) is 37.1 Å². The highest BCUT2D eigenvalue weighted by molar-refractivity contribution is 7.10. The van der Waals surface area contributed by atoms with Crippen molar-refractivity contribution in [1.29, 1.82) is 0 Å². The molecular weight excluding hydrogens is 256 g/mol. The largest absolute Gasteiger partial charge is 0.377 e. The molecule has 1 aliphatic rings. The van der Waals surface area contributed by atoms with Crippen molar-refractivity contribution in [3.63, 3.8) is 0 Å². The van der Waals surface area contributed by atoms with E-state index in [4.69, 9.17) is 10.5 Å². The molecule has 2 heterocycles. The second-order valence-corrected chi connectivity index (χ2v) is 6.44. The molecule has 3 nitrogen and oxygen atoms in total. The van der Waals surface area contributed by atoms with Gasteiger partial charge >= 0.3 is 0 Å². The number of rotatable bonds is 6. The molecular formula is C15H26N2OS. The van der Waals surface area contributed by atoms with Crippen LogP contribution in [0.2, 0.25) is 0 Å². The Morgan fingerprint density at radius 3 is 2.84 bits per heavy atom. The number of ether oxygens (including phenoxy) is 1. The fraction of sp³-hybridized carbons (Fsp3) is 0.733. The van der Waals surface area contributed by atoms with Crippen LogP contribution in [0.5, 0.6) is 0 Å².